The van der Waals surface area contributed by atoms with Crippen LogP contribution in [-0.4, -0.2) is 53.9 Å². The number of piperidine rings is 2. The summed E-state index contributed by atoms with van der Waals surface area (Å²) in [7, 11) is 0. The van der Waals surface area contributed by atoms with Crippen molar-refractivity contribution in [3.05, 3.63) is 59.8 Å². The fraction of sp³-hybridized carbons (Fsp3) is 0.417. The van der Waals surface area contributed by atoms with Gasteiger partial charge in [-0.1, -0.05) is 18.2 Å². The first kappa shape index (κ1) is 20.9. The number of hydrogen-bond donors (Lipinski definition) is 1. The summed E-state index contributed by atoms with van der Waals surface area (Å²) >= 11 is 0. The highest BCUT2D eigenvalue weighted by Gasteiger charge is 2.31. The molecule has 1 N–H and O–H groups in total. The number of nitrogens with zero attached hydrogens (tertiary/aromatic N) is 4. The Labute approximate surface area is 182 Å². The average molecular weight is 418 g/mol. The van der Waals surface area contributed by atoms with E-state index in [-0.39, 0.29) is 23.8 Å². The Balaban J connectivity index is 1.23. The summed E-state index contributed by atoms with van der Waals surface area (Å²) in [5, 5.41) is 12.0. The number of nitriles is 1. The molecule has 2 aliphatic heterocycles. The second-order valence-electron chi connectivity index (χ2n) is 8.22. The third-order valence-corrected chi connectivity index (χ3v) is 6.22. The number of amides is 2. The highest BCUT2D eigenvalue weighted by molar-refractivity contribution is 5.94. The number of carbonyl (C=O) groups excluding carboxylic acids is 2. The minimum atomic E-state index is -0.0471. The van der Waals surface area contributed by atoms with E-state index in [1.165, 1.54) is 0 Å². The zero-order valence-electron chi connectivity index (χ0n) is 17.5. The lowest BCUT2D eigenvalue weighted by atomic mass is 9.93. The molecule has 0 atom stereocenters. The first-order valence-electron chi connectivity index (χ1n) is 10.9. The standard InChI is InChI=1S/C24H27N5O2/c25-16-18-6-7-22(26-17-18)28-12-8-20(9-13-28)24(31)29-14-10-21(11-15-29)27-23(30)19-4-2-1-3-5-19/h1-7,17,20-21H,8-15H2,(H,27,30). The van der Waals surface area contributed by atoms with Crippen molar-refractivity contribution >= 4 is 17.6 Å². The second-order valence-corrected chi connectivity index (χ2v) is 8.22. The van der Waals surface area contributed by atoms with E-state index in [4.69, 9.17) is 5.26 Å². The zero-order chi connectivity index (χ0) is 21.6. The van der Waals surface area contributed by atoms with Crippen molar-refractivity contribution in [3.8, 4) is 6.07 Å². The van der Waals surface area contributed by atoms with Gasteiger partial charge >= 0.3 is 0 Å². The maximum Gasteiger partial charge on any atom is 0.251 e. The third-order valence-electron chi connectivity index (χ3n) is 6.22. The maximum atomic E-state index is 13.0. The van der Waals surface area contributed by atoms with Gasteiger partial charge in [0.1, 0.15) is 11.9 Å². The van der Waals surface area contributed by atoms with Crippen molar-refractivity contribution in [1.82, 2.24) is 15.2 Å². The first-order chi connectivity index (χ1) is 15.1. The fourth-order valence-electron chi connectivity index (χ4n) is 4.36. The predicted molar refractivity (Wildman–Crippen MR) is 117 cm³/mol. The van der Waals surface area contributed by atoms with Crippen molar-refractivity contribution in [3.63, 3.8) is 0 Å². The molecule has 3 heterocycles. The summed E-state index contributed by atoms with van der Waals surface area (Å²) in [5.74, 6) is 1.10. The Hall–Kier alpha value is -3.40. The molecule has 0 spiro atoms. The number of anilines is 1. The molecule has 7 heteroatoms. The molecule has 1 aromatic heterocycles. The van der Waals surface area contributed by atoms with Crippen molar-refractivity contribution in [2.45, 2.75) is 31.7 Å². The van der Waals surface area contributed by atoms with E-state index in [9.17, 15) is 9.59 Å². The number of carbonyl (C=O) groups is 2. The first-order valence-corrected chi connectivity index (χ1v) is 10.9. The van der Waals surface area contributed by atoms with Crippen LogP contribution in [0.25, 0.3) is 0 Å². The normalized spacial score (nSPS) is 17.8. The van der Waals surface area contributed by atoms with Gasteiger partial charge in [-0.3, -0.25) is 9.59 Å². The van der Waals surface area contributed by atoms with Crippen molar-refractivity contribution < 1.29 is 9.59 Å². The summed E-state index contributed by atoms with van der Waals surface area (Å²) in [4.78, 5) is 33.8. The van der Waals surface area contributed by atoms with E-state index >= 15 is 0 Å². The number of hydrogen-bond acceptors (Lipinski definition) is 5. The van der Waals surface area contributed by atoms with Gasteiger partial charge in [0.05, 0.1) is 5.56 Å². The van der Waals surface area contributed by atoms with Gasteiger partial charge in [-0.05, 0) is 49.9 Å². The minimum Gasteiger partial charge on any atom is -0.357 e. The molecule has 160 valence electrons. The maximum absolute atomic E-state index is 13.0. The van der Waals surface area contributed by atoms with Crippen LogP contribution in [0.4, 0.5) is 5.82 Å². The second kappa shape index (κ2) is 9.61. The monoisotopic (exact) mass is 417 g/mol. The van der Waals surface area contributed by atoms with Crippen LogP contribution in [0.3, 0.4) is 0 Å². The number of nitrogens with one attached hydrogen (secondary N) is 1. The summed E-state index contributed by atoms with van der Waals surface area (Å²) in [6.07, 6.45) is 4.79. The minimum absolute atomic E-state index is 0.0464. The lowest BCUT2D eigenvalue weighted by Gasteiger charge is -2.37. The zero-order valence-corrected chi connectivity index (χ0v) is 17.5. The molecule has 2 amide bonds. The predicted octanol–water partition coefficient (Wildman–Crippen LogP) is 2.59. The molecule has 31 heavy (non-hydrogen) atoms. The molecular weight excluding hydrogens is 390 g/mol. The molecule has 0 unspecified atom stereocenters. The van der Waals surface area contributed by atoms with E-state index in [1.807, 2.05) is 41.3 Å². The molecule has 4 rings (SSSR count). The molecule has 0 radical (unpaired) electrons. The Morgan fingerprint density at radius 3 is 2.29 bits per heavy atom. The average Bonchev–Trinajstić information content (AvgIpc) is 2.85. The van der Waals surface area contributed by atoms with Crippen LogP contribution in [0, 0.1) is 17.2 Å². The van der Waals surface area contributed by atoms with E-state index in [0.717, 1.165) is 44.6 Å². The Kier molecular flexibility index (Phi) is 6.46. The van der Waals surface area contributed by atoms with Crippen LogP contribution < -0.4 is 10.2 Å². The smallest absolute Gasteiger partial charge is 0.251 e. The third kappa shape index (κ3) is 5.02. The molecule has 7 nitrogen and oxygen atoms in total. The molecule has 0 saturated carbocycles. The van der Waals surface area contributed by atoms with Gasteiger partial charge in [-0.25, -0.2) is 4.98 Å². The number of pyridine rings is 1. The van der Waals surface area contributed by atoms with Crippen LogP contribution in [0.2, 0.25) is 0 Å². The van der Waals surface area contributed by atoms with Gasteiger partial charge < -0.3 is 15.1 Å². The summed E-state index contributed by atoms with van der Waals surface area (Å²) in [5.41, 5.74) is 1.22. The van der Waals surface area contributed by atoms with Crippen LogP contribution >= 0.6 is 0 Å². The Morgan fingerprint density at radius 1 is 0.968 bits per heavy atom. The van der Waals surface area contributed by atoms with Crippen molar-refractivity contribution in [1.29, 1.82) is 5.26 Å². The van der Waals surface area contributed by atoms with E-state index in [1.54, 1.807) is 12.3 Å². The highest BCUT2D eigenvalue weighted by atomic mass is 16.2. The SMILES string of the molecule is N#Cc1ccc(N2CCC(C(=O)N3CCC(NC(=O)c4ccccc4)CC3)CC2)nc1. The number of rotatable bonds is 4. The van der Waals surface area contributed by atoms with Crippen molar-refractivity contribution in [2.75, 3.05) is 31.1 Å². The molecule has 2 aliphatic rings. The van der Waals surface area contributed by atoms with Gasteiger partial charge in [-0.2, -0.15) is 5.26 Å². The lowest BCUT2D eigenvalue weighted by Crippen LogP contribution is -2.49. The largest absolute Gasteiger partial charge is 0.357 e. The van der Waals surface area contributed by atoms with Gasteiger partial charge in [0.15, 0.2) is 0 Å². The van der Waals surface area contributed by atoms with E-state index in [0.29, 0.717) is 24.2 Å². The number of aromatic nitrogens is 1. The van der Waals surface area contributed by atoms with Crippen LogP contribution in [0.1, 0.15) is 41.6 Å². The molecular formula is C24H27N5O2. The molecule has 1 aromatic carbocycles. The molecule has 2 saturated heterocycles. The Morgan fingerprint density at radius 2 is 1.68 bits per heavy atom. The lowest BCUT2D eigenvalue weighted by molar-refractivity contribution is -0.137. The van der Waals surface area contributed by atoms with Crippen molar-refractivity contribution in [2.24, 2.45) is 5.92 Å². The quantitative estimate of drug-likeness (QED) is 0.826. The number of likely N-dealkylation sites (tertiary alicyclic amines) is 1. The van der Waals surface area contributed by atoms with E-state index in [2.05, 4.69) is 21.3 Å². The van der Waals surface area contributed by atoms with Gasteiger partial charge in [0.25, 0.3) is 5.91 Å². The van der Waals surface area contributed by atoms with Gasteiger partial charge in [0.2, 0.25) is 5.91 Å². The van der Waals surface area contributed by atoms with Gasteiger partial charge in [0, 0.05) is 49.9 Å². The Bertz CT molecular complexity index is 938. The molecule has 2 aromatic rings. The summed E-state index contributed by atoms with van der Waals surface area (Å²) in [6, 6.07) is 15.1. The summed E-state index contributed by atoms with van der Waals surface area (Å²) < 4.78 is 0. The number of benzene rings is 1. The molecule has 2 fully saturated rings. The molecule has 0 bridgehead atoms. The highest BCUT2D eigenvalue weighted by Crippen LogP contribution is 2.25. The fourth-order valence-corrected chi connectivity index (χ4v) is 4.36. The van der Waals surface area contributed by atoms with Crippen LogP contribution in [-0.2, 0) is 4.79 Å². The van der Waals surface area contributed by atoms with Crippen LogP contribution in [0.5, 0.6) is 0 Å². The summed E-state index contributed by atoms with van der Waals surface area (Å²) in [6.45, 7) is 2.96. The van der Waals surface area contributed by atoms with Crippen LogP contribution in [0.15, 0.2) is 48.7 Å². The van der Waals surface area contributed by atoms with Gasteiger partial charge in [-0.15, -0.1) is 0 Å². The topological polar surface area (TPSA) is 89.3 Å². The van der Waals surface area contributed by atoms with E-state index < -0.39 is 0 Å². The molecule has 0 aliphatic carbocycles.